The van der Waals surface area contributed by atoms with Crippen LogP contribution >= 0.6 is 0 Å². The Kier molecular flexibility index (Phi) is 3.54. The molecule has 0 saturated carbocycles. The lowest BCUT2D eigenvalue weighted by molar-refractivity contribution is 0.342. The van der Waals surface area contributed by atoms with Crippen molar-refractivity contribution in [3.05, 3.63) is 29.1 Å². The van der Waals surface area contributed by atoms with E-state index >= 15 is 0 Å². The van der Waals surface area contributed by atoms with E-state index in [2.05, 4.69) is 4.74 Å². The van der Waals surface area contributed by atoms with Gasteiger partial charge in [0.05, 0.1) is 7.11 Å². The molecule has 84 valence electrons. The van der Waals surface area contributed by atoms with E-state index in [9.17, 15) is 13.2 Å². The molecule has 1 aromatic carbocycles. The summed E-state index contributed by atoms with van der Waals surface area (Å²) in [7, 11) is 1.04. The number of methoxy groups -OCH3 is 1. The van der Waals surface area contributed by atoms with Gasteiger partial charge in [-0.15, -0.1) is 0 Å². The van der Waals surface area contributed by atoms with Crippen molar-refractivity contribution in [2.24, 2.45) is 11.5 Å². The van der Waals surface area contributed by atoms with Gasteiger partial charge >= 0.3 is 0 Å². The molecule has 0 aromatic heterocycles. The molecule has 0 spiro atoms. The van der Waals surface area contributed by atoms with Crippen LogP contribution in [-0.2, 0) is 0 Å². The zero-order valence-electron chi connectivity index (χ0n) is 8.06. The molecule has 3 nitrogen and oxygen atoms in total. The van der Waals surface area contributed by atoms with Crippen LogP contribution < -0.4 is 16.2 Å². The predicted octanol–water partition coefficient (Wildman–Crippen LogP) is 1.07. The molecule has 0 bridgehead atoms. The summed E-state index contributed by atoms with van der Waals surface area (Å²) >= 11 is 0. The van der Waals surface area contributed by atoms with E-state index < -0.39 is 29.2 Å². The molecule has 0 aliphatic rings. The highest BCUT2D eigenvalue weighted by Gasteiger charge is 2.22. The summed E-state index contributed by atoms with van der Waals surface area (Å²) in [5.41, 5.74) is 10.4. The first-order chi connectivity index (χ1) is 7.02. The number of hydrogen-bond acceptors (Lipinski definition) is 3. The smallest absolute Gasteiger partial charge is 0.203 e. The second-order valence-corrected chi connectivity index (χ2v) is 2.95. The monoisotopic (exact) mass is 220 g/mol. The van der Waals surface area contributed by atoms with Crippen LogP contribution in [0.1, 0.15) is 11.6 Å². The van der Waals surface area contributed by atoms with Gasteiger partial charge < -0.3 is 16.2 Å². The molecule has 0 fully saturated rings. The second-order valence-electron chi connectivity index (χ2n) is 2.95. The molecule has 0 heterocycles. The molecule has 6 heteroatoms. The standard InChI is InChI=1S/C9H11F3N2O/c1-15-9-7(11)4(6(14)3-13)2-5(10)8(9)12/h2,6H,3,13-14H2,1H3/t6-/m1/s1. The molecular weight excluding hydrogens is 209 g/mol. The lowest BCUT2D eigenvalue weighted by Gasteiger charge is -2.13. The predicted molar refractivity (Wildman–Crippen MR) is 48.9 cm³/mol. The summed E-state index contributed by atoms with van der Waals surface area (Å²) in [5.74, 6) is -4.39. The van der Waals surface area contributed by atoms with Crippen molar-refractivity contribution in [3.63, 3.8) is 0 Å². The van der Waals surface area contributed by atoms with Crippen LogP contribution in [0.4, 0.5) is 13.2 Å². The van der Waals surface area contributed by atoms with Crippen LogP contribution in [0.15, 0.2) is 6.07 Å². The van der Waals surface area contributed by atoms with E-state index in [1.807, 2.05) is 0 Å². The highest BCUT2D eigenvalue weighted by atomic mass is 19.2. The minimum absolute atomic E-state index is 0.0782. The Morgan fingerprint density at radius 3 is 2.40 bits per heavy atom. The average molecular weight is 220 g/mol. The van der Waals surface area contributed by atoms with E-state index in [0.29, 0.717) is 6.07 Å². The first-order valence-corrected chi connectivity index (χ1v) is 4.20. The Bertz CT molecular complexity index is 371. The molecule has 0 saturated heterocycles. The van der Waals surface area contributed by atoms with Crippen LogP contribution in [0.25, 0.3) is 0 Å². The van der Waals surface area contributed by atoms with Gasteiger partial charge in [-0.1, -0.05) is 0 Å². The Labute approximate surface area is 84.8 Å². The summed E-state index contributed by atoms with van der Waals surface area (Å²) < 4.78 is 43.9. The van der Waals surface area contributed by atoms with Gasteiger partial charge in [0.1, 0.15) is 0 Å². The van der Waals surface area contributed by atoms with Gasteiger partial charge in [0.15, 0.2) is 17.4 Å². The molecule has 1 rings (SSSR count). The molecule has 15 heavy (non-hydrogen) atoms. The summed E-state index contributed by atoms with van der Waals surface area (Å²) in [6.07, 6.45) is 0. The zero-order chi connectivity index (χ0) is 11.6. The van der Waals surface area contributed by atoms with E-state index in [1.165, 1.54) is 0 Å². The maximum Gasteiger partial charge on any atom is 0.203 e. The number of halogens is 3. The molecular formula is C9H11F3N2O. The highest BCUT2D eigenvalue weighted by Crippen LogP contribution is 2.29. The first kappa shape index (κ1) is 11.8. The van der Waals surface area contributed by atoms with E-state index in [0.717, 1.165) is 7.11 Å². The third-order valence-corrected chi connectivity index (χ3v) is 2.00. The Hall–Kier alpha value is -1.27. The normalized spacial score (nSPS) is 12.7. The van der Waals surface area contributed by atoms with Gasteiger partial charge in [-0.25, -0.2) is 8.78 Å². The Morgan fingerprint density at radius 2 is 1.93 bits per heavy atom. The molecule has 0 radical (unpaired) electrons. The molecule has 1 atom stereocenters. The fourth-order valence-electron chi connectivity index (χ4n) is 1.18. The Balaban J connectivity index is 3.36. The van der Waals surface area contributed by atoms with Gasteiger partial charge in [0.2, 0.25) is 5.82 Å². The topological polar surface area (TPSA) is 61.3 Å². The van der Waals surface area contributed by atoms with Gasteiger partial charge in [-0.2, -0.15) is 4.39 Å². The molecule has 1 aromatic rings. The van der Waals surface area contributed by atoms with Crippen LogP contribution in [0.3, 0.4) is 0 Å². The zero-order valence-corrected chi connectivity index (χ0v) is 8.06. The van der Waals surface area contributed by atoms with E-state index in [-0.39, 0.29) is 12.1 Å². The molecule has 0 aliphatic heterocycles. The quantitative estimate of drug-likeness (QED) is 0.749. The maximum atomic E-state index is 13.5. The highest BCUT2D eigenvalue weighted by molar-refractivity contribution is 5.35. The van der Waals surface area contributed by atoms with Crippen LogP contribution in [0.5, 0.6) is 5.75 Å². The third kappa shape index (κ3) is 2.05. The minimum atomic E-state index is -1.37. The SMILES string of the molecule is COc1c(F)c(F)cc([C@H](N)CN)c1F. The molecule has 0 amide bonds. The summed E-state index contributed by atoms with van der Waals surface area (Å²) in [6.45, 7) is -0.0782. The third-order valence-electron chi connectivity index (χ3n) is 2.00. The van der Waals surface area contributed by atoms with Crippen molar-refractivity contribution in [1.82, 2.24) is 0 Å². The fourth-order valence-corrected chi connectivity index (χ4v) is 1.18. The number of rotatable bonds is 3. The van der Waals surface area contributed by atoms with Crippen molar-refractivity contribution >= 4 is 0 Å². The van der Waals surface area contributed by atoms with Crippen molar-refractivity contribution in [3.8, 4) is 5.75 Å². The van der Waals surface area contributed by atoms with Crippen molar-refractivity contribution < 1.29 is 17.9 Å². The maximum absolute atomic E-state index is 13.5. The van der Waals surface area contributed by atoms with Crippen molar-refractivity contribution in [2.75, 3.05) is 13.7 Å². The van der Waals surface area contributed by atoms with Gasteiger partial charge in [0.25, 0.3) is 0 Å². The molecule has 0 unspecified atom stereocenters. The summed E-state index contributed by atoms with van der Waals surface area (Å²) in [6, 6.07) is -0.209. The largest absolute Gasteiger partial charge is 0.491 e. The first-order valence-electron chi connectivity index (χ1n) is 4.20. The Morgan fingerprint density at radius 1 is 1.33 bits per heavy atom. The number of ether oxygens (including phenoxy) is 1. The van der Waals surface area contributed by atoms with E-state index in [4.69, 9.17) is 11.5 Å². The lowest BCUT2D eigenvalue weighted by Crippen LogP contribution is -2.22. The van der Waals surface area contributed by atoms with Crippen LogP contribution in [0, 0.1) is 17.5 Å². The van der Waals surface area contributed by atoms with Crippen molar-refractivity contribution in [2.45, 2.75) is 6.04 Å². The van der Waals surface area contributed by atoms with Gasteiger partial charge in [-0.3, -0.25) is 0 Å². The molecule has 4 N–H and O–H groups in total. The number of benzene rings is 1. The fraction of sp³-hybridized carbons (Fsp3) is 0.333. The second kappa shape index (κ2) is 4.50. The van der Waals surface area contributed by atoms with Crippen molar-refractivity contribution in [1.29, 1.82) is 0 Å². The lowest BCUT2D eigenvalue weighted by atomic mass is 10.1. The van der Waals surface area contributed by atoms with Gasteiger partial charge in [-0.05, 0) is 6.07 Å². The molecule has 0 aliphatic carbocycles. The summed E-state index contributed by atoms with van der Waals surface area (Å²) in [5, 5.41) is 0. The van der Waals surface area contributed by atoms with Crippen LogP contribution in [-0.4, -0.2) is 13.7 Å². The summed E-state index contributed by atoms with van der Waals surface area (Å²) in [4.78, 5) is 0. The van der Waals surface area contributed by atoms with E-state index in [1.54, 1.807) is 0 Å². The number of nitrogens with two attached hydrogens (primary N) is 2. The van der Waals surface area contributed by atoms with Gasteiger partial charge in [0, 0.05) is 18.2 Å². The van der Waals surface area contributed by atoms with Crippen LogP contribution in [0.2, 0.25) is 0 Å². The average Bonchev–Trinajstić information content (AvgIpc) is 2.23. The minimum Gasteiger partial charge on any atom is -0.491 e. The number of hydrogen-bond donors (Lipinski definition) is 2.